The minimum Gasteiger partial charge on any atom is -0.504 e. The second kappa shape index (κ2) is 5.02. The van der Waals surface area contributed by atoms with Crippen molar-refractivity contribution in [1.29, 1.82) is 0 Å². The Bertz CT molecular complexity index is 350. The molecule has 2 rings (SSSR count). The smallest absolute Gasteiger partial charge is 0.159 e. The van der Waals surface area contributed by atoms with Crippen molar-refractivity contribution in [3.05, 3.63) is 18.5 Å². The Kier molecular flexibility index (Phi) is 3.45. The molecule has 1 aromatic heterocycles. The Hall–Kier alpha value is -1.23. The maximum Gasteiger partial charge on any atom is 0.159 e. The predicted octanol–water partition coefficient (Wildman–Crippen LogP) is 1.50. The topological polar surface area (TPSA) is 48.7 Å². The van der Waals surface area contributed by atoms with E-state index in [1.54, 1.807) is 18.6 Å². The molecule has 0 aliphatic carbocycles. The second-order valence-electron chi connectivity index (χ2n) is 3.26. The highest BCUT2D eigenvalue weighted by Gasteiger charge is 2.06. The highest BCUT2D eigenvalue weighted by atomic mass is 32.2. The van der Waals surface area contributed by atoms with Crippen LogP contribution in [0.3, 0.4) is 0 Å². The lowest BCUT2D eigenvalue weighted by Crippen LogP contribution is -2.31. The van der Waals surface area contributed by atoms with Crippen LogP contribution in [0.2, 0.25) is 0 Å². The van der Waals surface area contributed by atoms with Crippen molar-refractivity contribution in [1.82, 2.24) is 9.88 Å². The fraction of sp³-hybridized carbons (Fsp3) is 0.400. The lowest BCUT2D eigenvalue weighted by molar-refractivity contribution is 0.469. The van der Waals surface area contributed by atoms with E-state index in [-0.39, 0.29) is 5.75 Å². The first-order valence-electron chi connectivity index (χ1n) is 4.85. The molecule has 0 unspecified atom stereocenters. The zero-order valence-corrected chi connectivity index (χ0v) is 9.15. The average Bonchev–Trinajstić information content (AvgIpc) is 2.29. The van der Waals surface area contributed by atoms with Crippen molar-refractivity contribution in [2.75, 3.05) is 24.6 Å². The second-order valence-corrected chi connectivity index (χ2v) is 4.48. The van der Waals surface area contributed by atoms with Gasteiger partial charge in [-0.25, -0.2) is 4.99 Å². The van der Waals surface area contributed by atoms with Gasteiger partial charge < -0.3 is 10.0 Å². The van der Waals surface area contributed by atoms with E-state index < -0.39 is 0 Å². The van der Waals surface area contributed by atoms with E-state index in [9.17, 15) is 5.11 Å². The van der Waals surface area contributed by atoms with Gasteiger partial charge >= 0.3 is 0 Å². The van der Waals surface area contributed by atoms with Crippen LogP contribution in [0, 0.1) is 0 Å². The molecule has 0 atom stereocenters. The zero-order chi connectivity index (χ0) is 10.5. The van der Waals surface area contributed by atoms with Gasteiger partial charge in [0.1, 0.15) is 5.69 Å². The summed E-state index contributed by atoms with van der Waals surface area (Å²) in [6.07, 6.45) is 4.83. The summed E-state index contributed by atoms with van der Waals surface area (Å²) in [5.41, 5.74) is 0.572. The lowest BCUT2D eigenvalue weighted by atomic mass is 10.4. The summed E-state index contributed by atoms with van der Waals surface area (Å²) < 4.78 is 0. The standard InChI is InChI=1S/C10H13N3OS/c14-10-7-11-2-1-9(10)12-8-13-3-5-15-6-4-13/h1-2,7-8,14H,3-6H2/b12-8+. The number of nitrogens with zero attached hydrogens (tertiary/aromatic N) is 3. The van der Waals surface area contributed by atoms with E-state index >= 15 is 0 Å². The van der Waals surface area contributed by atoms with Crippen molar-refractivity contribution in [3.63, 3.8) is 0 Å². The van der Waals surface area contributed by atoms with Crippen LogP contribution in [0.4, 0.5) is 5.69 Å². The van der Waals surface area contributed by atoms with Gasteiger partial charge in [-0.15, -0.1) is 0 Å². The third-order valence-electron chi connectivity index (χ3n) is 2.18. The van der Waals surface area contributed by atoms with Gasteiger partial charge in [-0.2, -0.15) is 11.8 Å². The molecule has 15 heavy (non-hydrogen) atoms. The van der Waals surface area contributed by atoms with Crippen LogP contribution >= 0.6 is 11.8 Å². The van der Waals surface area contributed by atoms with E-state index in [1.807, 2.05) is 11.8 Å². The summed E-state index contributed by atoms with van der Waals surface area (Å²) >= 11 is 1.96. The third kappa shape index (κ3) is 2.86. The largest absolute Gasteiger partial charge is 0.504 e. The molecular formula is C10H13N3OS. The third-order valence-corrected chi connectivity index (χ3v) is 3.13. The molecule has 80 valence electrons. The molecule has 5 heteroatoms. The Morgan fingerprint density at radius 2 is 2.27 bits per heavy atom. The molecule has 2 heterocycles. The first-order valence-corrected chi connectivity index (χ1v) is 6.01. The van der Waals surface area contributed by atoms with Crippen LogP contribution in [-0.4, -0.2) is 45.9 Å². The normalized spacial score (nSPS) is 17.2. The number of aliphatic imine (C=N–C) groups is 1. The zero-order valence-electron chi connectivity index (χ0n) is 8.33. The van der Waals surface area contributed by atoms with Crippen molar-refractivity contribution in [3.8, 4) is 5.75 Å². The van der Waals surface area contributed by atoms with E-state index in [0.29, 0.717) is 5.69 Å². The number of rotatable bonds is 2. The first kappa shape index (κ1) is 10.3. The number of pyridine rings is 1. The van der Waals surface area contributed by atoms with E-state index in [2.05, 4.69) is 14.9 Å². The Morgan fingerprint density at radius 3 is 3.00 bits per heavy atom. The molecule has 0 spiro atoms. The van der Waals surface area contributed by atoms with Gasteiger partial charge in [0.15, 0.2) is 5.75 Å². The number of hydrogen-bond acceptors (Lipinski definition) is 4. The summed E-state index contributed by atoms with van der Waals surface area (Å²) in [6, 6.07) is 1.70. The molecule has 1 saturated heterocycles. The summed E-state index contributed by atoms with van der Waals surface area (Å²) in [4.78, 5) is 10.2. The molecular weight excluding hydrogens is 210 g/mol. The van der Waals surface area contributed by atoms with Crippen LogP contribution in [0.25, 0.3) is 0 Å². The van der Waals surface area contributed by atoms with Crippen LogP contribution < -0.4 is 0 Å². The number of hydrogen-bond donors (Lipinski definition) is 1. The lowest BCUT2D eigenvalue weighted by Gasteiger charge is -2.23. The summed E-state index contributed by atoms with van der Waals surface area (Å²) in [5.74, 6) is 2.42. The summed E-state index contributed by atoms with van der Waals surface area (Å²) in [6.45, 7) is 2.06. The van der Waals surface area contributed by atoms with Crippen LogP contribution in [0.5, 0.6) is 5.75 Å². The van der Waals surface area contributed by atoms with E-state index in [4.69, 9.17) is 0 Å². The molecule has 1 aliphatic rings. The minimum atomic E-state index is 0.125. The van der Waals surface area contributed by atoms with Crippen LogP contribution in [0.1, 0.15) is 0 Å². The number of thioether (sulfide) groups is 1. The quantitative estimate of drug-likeness (QED) is 0.609. The SMILES string of the molecule is Oc1cnccc1/N=C/N1CCSCC1. The summed E-state index contributed by atoms with van der Waals surface area (Å²) in [7, 11) is 0. The Labute approximate surface area is 93.0 Å². The first-order chi connectivity index (χ1) is 7.36. The highest BCUT2D eigenvalue weighted by Crippen LogP contribution is 2.23. The van der Waals surface area contributed by atoms with Crippen molar-refractivity contribution < 1.29 is 5.11 Å². The maximum atomic E-state index is 9.44. The fourth-order valence-corrected chi connectivity index (χ4v) is 2.26. The van der Waals surface area contributed by atoms with Crippen LogP contribution in [0.15, 0.2) is 23.5 Å². The van der Waals surface area contributed by atoms with E-state index in [1.165, 1.54) is 6.20 Å². The molecule has 0 amide bonds. The van der Waals surface area contributed by atoms with Crippen LogP contribution in [-0.2, 0) is 0 Å². The van der Waals surface area contributed by atoms with E-state index in [0.717, 1.165) is 24.6 Å². The predicted molar refractivity (Wildman–Crippen MR) is 63.0 cm³/mol. The Balaban J connectivity index is 2.01. The van der Waals surface area contributed by atoms with Gasteiger partial charge in [0, 0.05) is 30.8 Å². The molecule has 0 radical (unpaired) electrons. The van der Waals surface area contributed by atoms with Crippen molar-refractivity contribution >= 4 is 23.8 Å². The van der Waals surface area contributed by atoms with Crippen molar-refractivity contribution in [2.24, 2.45) is 4.99 Å². The molecule has 1 aromatic rings. The molecule has 1 aliphatic heterocycles. The van der Waals surface area contributed by atoms with Gasteiger partial charge in [0.25, 0.3) is 0 Å². The average molecular weight is 223 g/mol. The van der Waals surface area contributed by atoms with Gasteiger partial charge in [-0.05, 0) is 6.07 Å². The molecule has 0 aromatic carbocycles. The monoisotopic (exact) mass is 223 g/mol. The molecule has 1 fully saturated rings. The maximum absolute atomic E-state index is 9.44. The van der Waals surface area contributed by atoms with Gasteiger partial charge in [0.05, 0.1) is 12.5 Å². The molecule has 1 N–H and O–H groups in total. The number of aromatic hydroxyl groups is 1. The Morgan fingerprint density at radius 1 is 1.47 bits per heavy atom. The number of aromatic nitrogens is 1. The fourth-order valence-electron chi connectivity index (χ4n) is 1.32. The van der Waals surface area contributed by atoms with Gasteiger partial charge in [-0.3, -0.25) is 4.98 Å². The van der Waals surface area contributed by atoms with Gasteiger partial charge in [0.2, 0.25) is 0 Å². The molecule has 4 nitrogen and oxygen atoms in total. The van der Waals surface area contributed by atoms with Gasteiger partial charge in [-0.1, -0.05) is 0 Å². The summed E-state index contributed by atoms with van der Waals surface area (Å²) in [5, 5.41) is 9.44. The minimum absolute atomic E-state index is 0.125. The highest BCUT2D eigenvalue weighted by molar-refractivity contribution is 7.99. The van der Waals surface area contributed by atoms with Crippen molar-refractivity contribution in [2.45, 2.75) is 0 Å². The molecule has 0 saturated carbocycles. The molecule has 0 bridgehead atoms.